The molecule has 8 heteroatoms. The van der Waals surface area contributed by atoms with E-state index in [1.54, 1.807) is 0 Å². The minimum Gasteiger partial charge on any atom is -0.867 e. The van der Waals surface area contributed by atoms with Crippen LogP contribution in [-0.4, -0.2) is 4.92 Å². The molecule has 14 heavy (non-hydrogen) atoms. The van der Waals surface area contributed by atoms with Crippen LogP contribution in [0.15, 0.2) is 6.07 Å². The minimum absolute atomic E-state index is 0. The van der Waals surface area contributed by atoms with E-state index >= 15 is 0 Å². The maximum atomic E-state index is 11.1. The summed E-state index contributed by atoms with van der Waals surface area (Å²) in [5.41, 5.74) is 4.08. The molecule has 0 unspecified atom stereocenters. The summed E-state index contributed by atoms with van der Waals surface area (Å²) in [6.07, 6.45) is 0. The van der Waals surface area contributed by atoms with Crippen molar-refractivity contribution < 1.29 is 39.6 Å². The first-order valence-electron chi connectivity index (χ1n) is 3.04. The van der Waals surface area contributed by atoms with E-state index in [0.29, 0.717) is 0 Å². The van der Waals surface area contributed by atoms with Gasteiger partial charge in [0.1, 0.15) is 5.69 Å². The molecule has 1 aromatic rings. The Balaban J connectivity index is 0.00000169. The molecular weight excluding hydrogens is 242 g/mol. The zero-order valence-electron chi connectivity index (χ0n) is 7.08. The molecule has 1 rings (SSSR count). The summed E-state index contributed by atoms with van der Waals surface area (Å²) >= 11 is 10.9. The summed E-state index contributed by atoms with van der Waals surface area (Å²) in [6, 6.07) is 1.08. The van der Waals surface area contributed by atoms with Crippen LogP contribution >= 0.6 is 23.2 Å². The first-order chi connectivity index (χ1) is 5.95. The number of nitrogen functional groups attached to an aromatic ring is 1. The Morgan fingerprint density at radius 2 is 1.86 bits per heavy atom. The largest absolute Gasteiger partial charge is 1.00 e. The van der Waals surface area contributed by atoms with Crippen LogP contribution < -0.4 is 40.4 Å². The molecule has 0 bridgehead atoms. The van der Waals surface area contributed by atoms with Crippen molar-refractivity contribution in [3.8, 4) is 5.75 Å². The van der Waals surface area contributed by atoms with Gasteiger partial charge >= 0.3 is 29.6 Å². The molecule has 2 N–H and O–H groups in total. The van der Waals surface area contributed by atoms with E-state index in [1.807, 2.05) is 0 Å². The molecule has 0 radical (unpaired) electrons. The molecule has 5 nitrogen and oxygen atoms in total. The first-order valence-corrected chi connectivity index (χ1v) is 3.79. The molecule has 0 aliphatic carbocycles. The Bertz CT molecular complexity index is 360. The van der Waals surface area contributed by atoms with E-state index < -0.39 is 16.4 Å². The second-order valence-corrected chi connectivity index (χ2v) is 3.00. The van der Waals surface area contributed by atoms with Crippen molar-refractivity contribution in [2.24, 2.45) is 0 Å². The molecule has 70 valence electrons. The summed E-state index contributed by atoms with van der Waals surface area (Å²) < 4.78 is 0. The summed E-state index contributed by atoms with van der Waals surface area (Å²) in [5.74, 6) is -0.923. The summed E-state index contributed by atoms with van der Waals surface area (Å²) in [7, 11) is 0. The van der Waals surface area contributed by atoms with Gasteiger partial charge in [0, 0.05) is 5.02 Å². The molecule has 0 aliphatic rings. The second-order valence-electron chi connectivity index (χ2n) is 2.19. The van der Waals surface area contributed by atoms with Gasteiger partial charge in [0.2, 0.25) is 0 Å². The van der Waals surface area contributed by atoms with Gasteiger partial charge in [-0.3, -0.25) is 10.1 Å². The molecule has 0 aliphatic heterocycles. The number of halogens is 2. The SMILES string of the molecule is Nc1c(Cl)cc(Cl)c([O-])c1[N+](=O)[O-].[Na+]. The van der Waals surface area contributed by atoms with Crippen LogP contribution in [0.2, 0.25) is 10.0 Å². The van der Waals surface area contributed by atoms with Crippen molar-refractivity contribution in [3.63, 3.8) is 0 Å². The Morgan fingerprint density at radius 1 is 1.36 bits per heavy atom. The van der Waals surface area contributed by atoms with Crippen LogP contribution in [0.4, 0.5) is 11.4 Å². The average Bonchev–Trinajstić information content (AvgIpc) is 2.01. The van der Waals surface area contributed by atoms with E-state index in [-0.39, 0.29) is 45.3 Å². The molecule has 0 amide bonds. The molecule has 0 heterocycles. The third-order valence-electron chi connectivity index (χ3n) is 1.38. The number of benzene rings is 1. The van der Waals surface area contributed by atoms with Crippen LogP contribution in [0.5, 0.6) is 5.75 Å². The summed E-state index contributed by atoms with van der Waals surface area (Å²) in [4.78, 5) is 9.45. The van der Waals surface area contributed by atoms with Gasteiger partial charge in [0.25, 0.3) is 5.69 Å². The predicted octanol–water partition coefficient (Wildman–Crippen LogP) is -1.44. The quantitative estimate of drug-likeness (QED) is 0.284. The van der Waals surface area contributed by atoms with Crippen molar-refractivity contribution in [1.82, 2.24) is 0 Å². The first kappa shape index (κ1) is 13.8. The van der Waals surface area contributed by atoms with E-state index in [4.69, 9.17) is 28.9 Å². The van der Waals surface area contributed by atoms with Gasteiger partial charge in [-0.15, -0.1) is 0 Å². The number of nitro groups is 1. The number of hydrogen-bond acceptors (Lipinski definition) is 4. The van der Waals surface area contributed by atoms with Crippen molar-refractivity contribution in [1.29, 1.82) is 0 Å². The molecule has 1 aromatic carbocycles. The van der Waals surface area contributed by atoms with Crippen LogP contribution in [0, 0.1) is 10.1 Å². The van der Waals surface area contributed by atoms with Gasteiger partial charge < -0.3 is 10.8 Å². The maximum Gasteiger partial charge on any atom is 1.00 e. The molecule has 0 saturated heterocycles. The van der Waals surface area contributed by atoms with Crippen LogP contribution in [0.1, 0.15) is 0 Å². The van der Waals surface area contributed by atoms with Gasteiger partial charge in [-0.05, 0) is 11.8 Å². The molecule has 0 saturated carbocycles. The Morgan fingerprint density at radius 3 is 2.29 bits per heavy atom. The third kappa shape index (κ3) is 2.43. The third-order valence-corrected chi connectivity index (χ3v) is 1.97. The van der Waals surface area contributed by atoms with Gasteiger partial charge in [0.05, 0.1) is 9.95 Å². The fraction of sp³-hybridized carbons (Fsp3) is 0. The van der Waals surface area contributed by atoms with Crippen LogP contribution in [-0.2, 0) is 0 Å². The molecule has 0 spiro atoms. The molecule has 0 aromatic heterocycles. The number of rotatable bonds is 1. The maximum absolute atomic E-state index is 11.1. The Kier molecular flexibility index (Phi) is 4.97. The van der Waals surface area contributed by atoms with Gasteiger partial charge in [-0.2, -0.15) is 0 Å². The van der Waals surface area contributed by atoms with Gasteiger partial charge in [-0.1, -0.05) is 23.2 Å². The zero-order valence-corrected chi connectivity index (χ0v) is 10.6. The van der Waals surface area contributed by atoms with Crippen molar-refractivity contribution >= 4 is 34.6 Å². The van der Waals surface area contributed by atoms with Crippen molar-refractivity contribution in [2.45, 2.75) is 0 Å². The smallest absolute Gasteiger partial charge is 0.867 e. The van der Waals surface area contributed by atoms with Crippen LogP contribution in [0.25, 0.3) is 0 Å². The summed E-state index contributed by atoms with van der Waals surface area (Å²) in [5, 5.41) is 21.0. The fourth-order valence-corrected chi connectivity index (χ4v) is 1.24. The van der Waals surface area contributed by atoms with Crippen molar-refractivity contribution in [3.05, 3.63) is 26.2 Å². The molecule has 0 atom stereocenters. The minimum atomic E-state index is -0.923. The average molecular weight is 245 g/mol. The van der Waals surface area contributed by atoms with Crippen LogP contribution in [0.3, 0.4) is 0 Å². The number of nitro benzene ring substituents is 1. The number of hydrogen-bond donors (Lipinski definition) is 1. The van der Waals surface area contributed by atoms with E-state index in [1.165, 1.54) is 0 Å². The number of anilines is 1. The standard InChI is InChI=1S/C6H4Cl2N2O3.Na/c7-2-1-3(8)6(11)5(4(2)9)10(12)13;/h1,11H,9H2;/q;+1/p-1. The monoisotopic (exact) mass is 244 g/mol. The van der Waals surface area contributed by atoms with E-state index in [9.17, 15) is 15.2 Å². The van der Waals surface area contributed by atoms with Gasteiger partial charge in [-0.25, -0.2) is 0 Å². The fourth-order valence-electron chi connectivity index (χ4n) is 0.784. The summed E-state index contributed by atoms with van der Waals surface area (Å²) in [6.45, 7) is 0. The molecule has 0 fully saturated rings. The van der Waals surface area contributed by atoms with E-state index in [0.717, 1.165) is 6.07 Å². The number of nitrogens with zero attached hydrogens (tertiary/aromatic N) is 1. The Hall–Kier alpha value is -0.200. The van der Waals surface area contributed by atoms with Crippen molar-refractivity contribution in [2.75, 3.05) is 5.73 Å². The normalized spacial score (nSPS) is 9.29. The predicted molar refractivity (Wildman–Crippen MR) is 47.0 cm³/mol. The molecular formula is C6H3Cl2N2NaO3. The topological polar surface area (TPSA) is 92.2 Å². The van der Waals surface area contributed by atoms with Gasteiger partial charge in [0.15, 0.2) is 0 Å². The Labute approximate surface area is 111 Å². The zero-order chi connectivity index (χ0) is 10.2. The van der Waals surface area contributed by atoms with E-state index in [2.05, 4.69) is 0 Å². The second kappa shape index (κ2) is 5.04. The number of nitrogens with two attached hydrogens (primary N) is 1.